The van der Waals surface area contributed by atoms with E-state index in [-0.39, 0.29) is 23.6 Å². The molecule has 0 radical (unpaired) electrons. The molecule has 3 N–H and O–H groups in total. The first-order valence-electron chi connectivity index (χ1n) is 5.67. The van der Waals surface area contributed by atoms with E-state index in [1.165, 1.54) is 18.2 Å². The van der Waals surface area contributed by atoms with E-state index in [1.807, 2.05) is 0 Å². The van der Waals surface area contributed by atoms with E-state index in [0.29, 0.717) is 10.0 Å². The average molecular weight is 340 g/mol. The number of nitrogens with two attached hydrogens (primary N) is 1. The summed E-state index contributed by atoms with van der Waals surface area (Å²) in [5, 5.41) is 9.12. The van der Waals surface area contributed by atoms with Crippen molar-refractivity contribution in [3.05, 3.63) is 57.8 Å². The maximum Gasteiger partial charge on any atom is 0.338 e. The molecule has 2 aromatic carbocycles. The molecule has 2 rings (SSSR count). The first-order chi connectivity index (χ1) is 9.49. The Morgan fingerprint density at radius 1 is 1.35 bits per heavy atom. The molecule has 0 saturated carbocycles. The molecule has 0 unspecified atom stereocenters. The standard InChI is InChI=1S/C14H11BrFNO3/c15-9-4-5-12(10(16)6-9)20-7-8-2-1-3-11(17)13(8)14(18)19/h1-6H,7,17H2,(H,18,19). The molecule has 0 saturated heterocycles. The normalized spacial score (nSPS) is 10.3. The van der Waals surface area contributed by atoms with Crippen LogP contribution in [0.1, 0.15) is 15.9 Å². The molecule has 0 bridgehead atoms. The minimum Gasteiger partial charge on any atom is -0.486 e. The van der Waals surface area contributed by atoms with Crippen molar-refractivity contribution in [3.8, 4) is 5.75 Å². The summed E-state index contributed by atoms with van der Waals surface area (Å²) in [6, 6.07) is 9.07. The van der Waals surface area contributed by atoms with Gasteiger partial charge in [0, 0.05) is 15.7 Å². The third kappa shape index (κ3) is 3.08. The monoisotopic (exact) mass is 339 g/mol. The Bertz CT molecular complexity index is 661. The molecule has 2 aromatic rings. The summed E-state index contributed by atoms with van der Waals surface area (Å²) in [5.41, 5.74) is 6.14. The fourth-order valence-electron chi connectivity index (χ4n) is 1.75. The zero-order valence-corrected chi connectivity index (χ0v) is 11.9. The van der Waals surface area contributed by atoms with Gasteiger partial charge in [-0.1, -0.05) is 28.1 Å². The summed E-state index contributed by atoms with van der Waals surface area (Å²) in [5.74, 6) is -1.62. The zero-order chi connectivity index (χ0) is 14.7. The molecule has 20 heavy (non-hydrogen) atoms. The third-order valence-corrected chi connectivity index (χ3v) is 3.17. The van der Waals surface area contributed by atoms with Crippen LogP contribution in [-0.2, 0) is 6.61 Å². The van der Waals surface area contributed by atoms with Gasteiger partial charge in [0.05, 0.1) is 5.56 Å². The van der Waals surface area contributed by atoms with Crippen molar-refractivity contribution in [1.29, 1.82) is 0 Å². The van der Waals surface area contributed by atoms with Crippen LogP contribution < -0.4 is 10.5 Å². The van der Waals surface area contributed by atoms with Crippen LogP contribution in [0, 0.1) is 5.82 Å². The molecular weight excluding hydrogens is 329 g/mol. The Labute approximate surface area is 123 Å². The number of aromatic carboxylic acids is 1. The van der Waals surface area contributed by atoms with Crippen molar-refractivity contribution >= 4 is 27.6 Å². The van der Waals surface area contributed by atoms with Crippen LogP contribution in [0.2, 0.25) is 0 Å². The van der Waals surface area contributed by atoms with Gasteiger partial charge in [-0.15, -0.1) is 0 Å². The van der Waals surface area contributed by atoms with Gasteiger partial charge < -0.3 is 15.6 Å². The lowest BCUT2D eigenvalue weighted by Crippen LogP contribution is -2.09. The number of carboxylic acid groups (broad SMARTS) is 1. The van der Waals surface area contributed by atoms with Gasteiger partial charge in [-0.3, -0.25) is 0 Å². The van der Waals surface area contributed by atoms with Crippen LogP contribution in [0.15, 0.2) is 40.9 Å². The second-order valence-electron chi connectivity index (χ2n) is 4.05. The molecule has 0 aliphatic rings. The van der Waals surface area contributed by atoms with Crippen molar-refractivity contribution in [2.45, 2.75) is 6.61 Å². The van der Waals surface area contributed by atoms with E-state index in [9.17, 15) is 9.18 Å². The minimum atomic E-state index is -1.14. The molecule has 104 valence electrons. The first-order valence-corrected chi connectivity index (χ1v) is 6.47. The smallest absolute Gasteiger partial charge is 0.338 e. The average Bonchev–Trinajstić information content (AvgIpc) is 2.37. The number of hydrogen-bond acceptors (Lipinski definition) is 3. The molecule has 0 fully saturated rings. The summed E-state index contributed by atoms with van der Waals surface area (Å²) in [6.07, 6.45) is 0. The molecule has 0 aromatic heterocycles. The van der Waals surface area contributed by atoms with Gasteiger partial charge in [0.15, 0.2) is 11.6 Å². The molecule has 0 atom stereocenters. The molecule has 0 amide bonds. The second kappa shape index (κ2) is 5.92. The lowest BCUT2D eigenvalue weighted by Gasteiger charge is -2.11. The highest BCUT2D eigenvalue weighted by atomic mass is 79.9. The Morgan fingerprint density at radius 2 is 2.10 bits per heavy atom. The van der Waals surface area contributed by atoms with E-state index in [0.717, 1.165) is 0 Å². The number of nitrogen functional groups attached to an aromatic ring is 1. The van der Waals surface area contributed by atoms with Crippen molar-refractivity contribution in [1.82, 2.24) is 0 Å². The Morgan fingerprint density at radius 3 is 2.75 bits per heavy atom. The van der Waals surface area contributed by atoms with E-state index in [4.69, 9.17) is 15.6 Å². The number of halogens is 2. The number of benzene rings is 2. The van der Waals surface area contributed by atoms with Crippen LogP contribution in [-0.4, -0.2) is 11.1 Å². The molecule has 0 spiro atoms. The zero-order valence-electron chi connectivity index (χ0n) is 10.3. The molecule has 6 heteroatoms. The summed E-state index contributed by atoms with van der Waals surface area (Å²) >= 11 is 3.14. The number of rotatable bonds is 4. The summed E-state index contributed by atoms with van der Waals surface area (Å²) in [7, 11) is 0. The predicted octanol–water partition coefficient (Wildman–Crippen LogP) is 3.45. The maximum atomic E-state index is 13.6. The second-order valence-corrected chi connectivity index (χ2v) is 4.97. The van der Waals surface area contributed by atoms with Crippen LogP contribution in [0.4, 0.5) is 10.1 Å². The van der Waals surface area contributed by atoms with Gasteiger partial charge in [0.25, 0.3) is 0 Å². The topological polar surface area (TPSA) is 72.5 Å². The van der Waals surface area contributed by atoms with Crippen LogP contribution in [0.3, 0.4) is 0 Å². The van der Waals surface area contributed by atoms with Gasteiger partial charge in [-0.25, -0.2) is 9.18 Å². The Balaban J connectivity index is 2.23. The van der Waals surface area contributed by atoms with Gasteiger partial charge in [0.2, 0.25) is 0 Å². The number of carboxylic acids is 1. The summed E-state index contributed by atoms with van der Waals surface area (Å²) in [6.45, 7) is -0.0781. The SMILES string of the molecule is Nc1cccc(COc2ccc(Br)cc2F)c1C(=O)O. The van der Waals surface area contributed by atoms with Gasteiger partial charge in [0.1, 0.15) is 6.61 Å². The van der Waals surface area contributed by atoms with Gasteiger partial charge in [-0.2, -0.15) is 0 Å². The van der Waals surface area contributed by atoms with Crippen molar-refractivity contribution < 1.29 is 19.0 Å². The first kappa shape index (κ1) is 14.3. The molecule has 0 aliphatic heterocycles. The quantitative estimate of drug-likeness (QED) is 0.837. The van der Waals surface area contributed by atoms with E-state index in [1.54, 1.807) is 18.2 Å². The lowest BCUT2D eigenvalue weighted by molar-refractivity contribution is 0.0695. The number of ether oxygens (including phenoxy) is 1. The fourth-order valence-corrected chi connectivity index (χ4v) is 2.08. The molecule has 4 nitrogen and oxygen atoms in total. The Kier molecular flexibility index (Phi) is 4.24. The highest BCUT2D eigenvalue weighted by Gasteiger charge is 2.14. The van der Waals surface area contributed by atoms with Crippen LogP contribution in [0.5, 0.6) is 5.75 Å². The number of carbonyl (C=O) groups is 1. The molecular formula is C14H11BrFNO3. The van der Waals surface area contributed by atoms with E-state index >= 15 is 0 Å². The van der Waals surface area contributed by atoms with Crippen molar-refractivity contribution in [2.24, 2.45) is 0 Å². The fraction of sp³-hybridized carbons (Fsp3) is 0.0714. The lowest BCUT2D eigenvalue weighted by atomic mass is 10.1. The molecule has 0 heterocycles. The van der Waals surface area contributed by atoms with Crippen molar-refractivity contribution in [3.63, 3.8) is 0 Å². The van der Waals surface area contributed by atoms with Gasteiger partial charge in [-0.05, 0) is 24.3 Å². The maximum absolute atomic E-state index is 13.6. The molecule has 0 aliphatic carbocycles. The van der Waals surface area contributed by atoms with E-state index < -0.39 is 11.8 Å². The largest absolute Gasteiger partial charge is 0.486 e. The van der Waals surface area contributed by atoms with E-state index in [2.05, 4.69) is 15.9 Å². The van der Waals surface area contributed by atoms with Gasteiger partial charge >= 0.3 is 5.97 Å². The Hall–Kier alpha value is -2.08. The minimum absolute atomic E-state index is 0.0231. The summed E-state index contributed by atoms with van der Waals surface area (Å²) in [4.78, 5) is 11.1. The predicted molar refractivity (Wildman–Crippen MR) is 76.2 cm³/mol. The highest BCUT2D eigenvalue weighted by Crippen LogP contribution is 2.24. The number of hydrogen-bond donors (Lipinski definition) is 2. The summed E-state index contributed by atoms with van der Waals surface area (Å²) < 4.78 is 19.5. The number of anilines is 1. The van der Waals surface area contributed by atoms with Crippen molar-refractivity contribution in [2.75, 3.05) is 5.73 Å². The third-order valence-electron chi connectivity index (χ3n) is 2.67. The highest BCUT2D eigenvalue weighted by molar-refractivity contribution is 9.10. The van der Waals surface area contributed by atoms with Crippen LogP contribution >= 0.6 is 15.9 Å². The van der Waals surface area contributed by atoms with Crippen LogP contribution in [0.25, 0.3) is 0 Å².